The summed E-state index contributed by atoms with van der Waals surface area (Å²) in [6.45, 7) is 0. The van der Waals surface area contributed by atoms with Crippen LogP contribution in [-0.4, -0.2) is 32.5 Å². The third-order valence-corrected chi connectivity index (χ3v) is 5.94. The topological polar surface area (TPSA) is 95.6 Å². The Hall–Kier alpha value is -3.04. The number of anilines is 2. The molecule has 2 heterocycles. The van der Waals surface area contributed by atoms with Gasteiger partial charge < -0.3 is 10.6 Å². The third kappa shape index (κ3) is 4.87. The molecule has 0 radical (unpaired) electrons. The number of aromatic nitrogens is 4. The molecule has 0 unspecified atom stereocenters. The number of amides is 2. The summed E-state index contributed by atoms with van der Waals surface area (Å²) in [5.74, 6) is 0.713. The Morgan fingerprint density at radius 2 is 1.90 bits per heavy atom. The molecule has 2 aromatic carbocycles. The molecule has 2 aromatic heterocycles. The van der Waals surface area contributed by atoms with Crippen molar-refractivity contribution in [3.8, 4) is 0 Å². The summed E-state index contributed by atoms with van der Waals surface area (Å²) < 4.78 is 0. The Morgan fingerprint density at radius 1 is 1.07 bits per heavy atom. The smallest absolute Gasteiger partial charge is 0.308 e. The minimum Gasteiger partial charge on any atom is -0.308 e. The van der Waals surface area contributed by atoms with E-state index in [4.69, 9.17) is 0 Å². The van der Waals surface area contributed by atoms with E-state index in [1.54, 1.807) is 29.7 Å². The normalized spacial score (nSPS) is 10.8. The summed E-state index contributed by atoms with van der Waals surface area (Å²) in [4.78, 5) is 21.9. The summed E-state index contributed by atoms with van der Waals surface area (Å²) in [5.41, 5.74) is 3.28. The molecule has 2 amide bonds. The van der Waals surface area contributed by atoms with Crippen molar-refractivity contribution in [1.29, 1.82) is 0 Å². The van der Waals surface area contributed by atoms with Gasteiger partial charge in [0.1, 0.15) is 11.4 Å². The average molecular weight is 423 g/mol. The molecule has 0 saturated heterocycles. The standard InChI is InChI=1S/C20H18N6OS2/c1-28-16-7-5-14(6-8-16)24-20(27)25-15-4-2-3-13(9-15)11-29-19-17-10-23-26-18(17)21-12-22-19/h2-10,12H,11H2,1H3,(H2,24,25,27)(H,21,22,23,26). The maximum Gasteiger partial charge on any atom is 0.323 e. The third-order valence-electron chi connectivity index (χ3n) is 4.12. The predicted octanol–water partition coefficient (Wildman–Crippen LogP) is 5.01. The zero-order valence-electron chi connectivity index (χ0n) is 15.5. The largest absolute Gasteiger partial charge is 0.323 e. The number of rotatable bonds is 6. The lowest BCUT2D eigenvalue weighted by Gasteiger charge is -2.09. The number of H-pyrrole nitrogens is 1. The van der Waals surface area contributed by atoms with E-state index < -0.39 is 0 Å². The minimum absolute atomic E-state index is 0.275. The van der Waals surface area contributed by atoms with Crippen molar-refractivity contribution < 1.29 is 4.79 Å². The SMILES string of the molecule is CSc1ccc(NC(=O)Nc2cccc(CSc3ncnc4[nH]ncc34)c2)cc1. The van der Waals surface area contributed by atoms with Crippen LogP contribution < -0.4 is 10.6 Å². The van der Waals surface area contributed by atoms with Crippen molar-refractivity contribution in [2.24, 2.45) is 0 Å². The number of benzene rings is 2. The van der Waals surface area contributed by atoms with E-state index in [-0.39, 0.29) is 6.03 Å². The van der Waals surface area contributed by atoms with Crippen molar-refractivity contribution >= 4 is 52.0 Å². The molecule has 0 fully saturated rings. The van der Waals surface area contributed by atoms with Gasteiger partial charge >= 0.3 is 6.03 Å². The van der Waals surface area contributed by atoms with Crippen molar-refractivity contribution in [2.45, 2.75) is 15.7 Å². The van der Waals surface area contributed by atoms with Gasteiger partial charge in [-0.05, 0) is 48.2 Å². The second kappa shape index (κ2) is 8.97. The monoisotopic (exact) mass is 422 g/mol. The number of nitrogens with one attached hydrogen (secondary N) is 3. The van der Waals surface area contributed by atoms with E-state index in [1.807, 2.05) is 54.8 Å². The average Bonchev–Trinajstić information content (AvgIpc) is 3.22. The highest BCUT2D eigenvalue weighted by atomic mass is 32.2. The van der Waals surface area contributed by atoms with Crippen molar-refractivity contribution in [1.82, 2.24) is 20.2 Å². The fraction of sp³-hybridized carbons (Fsp3) is 0.100. The molecule has 0 atom stereocenters. The highest BCUT2D eigenvalue weighted by molar-refractivity contribution is 7.98. The zero-order valence-corrected chi connectivity index (χ0v) is 17.2. The molecule has 9 heteroatoms. The Bertz CT molecular complexity index is 1130. The van der Waals surface area contributed by atoms with Gasteiger partial charge in [-0.2, -0.15) is 5.10 Å². The maximum absolute atomic E-state index is 12.3. The van der Waals surface area contributed by atoms with Crippen LogP contribution in [0.5, 0.6) is 0 Å². The van der Waals surface area contributed by atoms with E-state index in [9.17, 15) is 4.79 Å². The number of fused-ring (bicyclic) bond motifs is 1. The van der Waals surface area contributed by atoms with Crippen LogP contribution in [0.1, 0.15) is 5.56 Å². The van der Waals surface area contributed by atoms with E-state index in [1.165, 1.54) is 6.33 Å². The molecule has 4 rings (SSSR count). The van der Waals surface area contributed by atoms with Crippen molar-refractivity contribution in [3.63, 3.8) is 0 Å². The first-order valence-electron chi connectivity index (χ1n) is 8.79. The second-order valence-electron chi connectivity index (χ2n) is 6.11. The van der Waals surface area contributed by atoms with Gasteiger partial charge in [-0.15, -0.1) is 23.5 Å². The molecule has 146 valence electrons. The maximum atomic E-state index is 12.3. The minimum atomic E-state index is -0.275. The predicted molar refractivity (Wildman–Crippen MR) is 119 cm³/mol. The molecular formula is C20H18N6OS2. The van der Waals surface area contributed by atoms with Gasteiger partial charge in [0.2, 0.25) is 0 Å². The summed E-state index contributed by atoms with van der Waals surface area (Å²) in [7, 11) is 0. The molecule has 0 aliphatic rings. The van der Waals surface area contributed by atoms with Crippen LogP contribution in [0.2, 0.25) is 0 Å². The van der Waals surface area contributed by atoms with Crippen LogP contribution in [0.3, 0.4) is 0 Å². The lowest BCUT2D eigenvalue weighted by molar-refractivity contribution is 0.262. The summed E-state index contributed by atoms with van der Waals surface area (Å²) >= 11 is 3.26. The number of aromatic amines is 1. The zero-order chi connectivity index (χ0) is 20.1. The molecule has 0 aliphatic heterocycles. The van der Waals surface area contributed by atoms with Crippen LogP contribution in [0.25, 0.3) is 11.0 Å². The quantitative estimate of drug-likeness (QED) is 0.299. The molecule has 29 heavy (non-hydrogen) atoms. The van der Waals surface area contributed by atoms with Gasteiger partial charge in [-0.3, -0.25) is 5.10 Å². The fourth-order valence-corrected chi connectivity index (χ4v) is 4.03. The van der Waals surface area contributed by atoms with Crippen LogP contribution in [0.4, 0.5) is 16.2 Å². The number of hydrogen-bond donors (Lipinski definition) is 3. The summed E-state index contributed by atoms with van der Waals surface area (Å²) in [6, 6.07) is 15.2. The Morgan fingerprint density at radius 3 is 2.72 bits per heavy atom. The molecular weight excluding hydrogens is 404 g/mol. The number of thioether (sulfide) groups is 2. The van der Waals surface area contributed by atoms with Gasteiger partial charge in [0.15, 0.2) is 5.65 Å². The molecule has 7 nitrogen and oxygen atoms in total. The number of carbonyl (C=O) groups is 1. The number of nitrogens with zero attached hydrogens (tertiary/aromatic N) is 3. The number of urea groups is 1. The van der Waals surface area contributed by atoms with E-state index in [0.717, 1.165) is 37.9 Å². The van der Waals surface area contributed by atoms with Crippen LogP contribution in [0, 0.1) is 0 Å². The van der Waals surface area contributed by atoms with Crippen molar-refractivity contribution in [2.75, 3.05) is 16.9 Å². The van der Waals surface area contributed by atoms with Crippen molar-refractivity contribution in [3.05, 3.63) is 66.6 Å². The fourth-order valence-electron chi connectivity index (χ4n) is 2.72. The molecule has 4 aromatic rings. The van der Waals surface area contributed by atoms with E-state index in [0.29, 0.717) is 5.75 Å². The number of carbonyl (C=O) groups excluding carboxylic acids is 1. The number of hydrogen-bond acceptors (Lipinski definition) is 6. The Labute approximate surface area is 176 Å². The van der Waals surface area contributed by atoms with Gasteiger partial charge in [0, 0.05) is 22.0 Å². The van der Waals surface area contributed by atoms with Gasteiger partial charge in [0.25, 0.3) is 0 Å². The highest BCUT2D eigenvalue weighted by Gasteiger charge is 2.08. The lowest BCUT2D eigenvalue weighted by atomic mass is 10.2. The Balaban J connectivity index is 1.37. The molecule has 0 spiro atoms. The van der Waals surface area contributed by atoms with Gasteiger partial charge in [0.05, 0.1) is 11.6 Å². The van der Waals surface area contributed by atoms with Crippen LogP contribution in [0.15, 0.2) is 71.0 Å². The molecule has 0 aliphatic carbocycles. The van der Waals surface area contributed by atoms with E-state index >= 15 is 0 Å². The molecule has 0 saturated carbocycles. The first-order valence-corrected chi connectivity index (χ1v) is 11.0. The van der Waals surface area contributed by atoms with Gasteiger partial charge in [-0.1, -0.05) is 12.1 Å². The molecule has 0 bridgehead atoms. The summed E-state index contributed by atoms with van der Waals surface area (Å²) in [6.07, 6.45) is 5.27. The van der Waals surface area contributed by atoms with Crippen LogP contribution in [-0.2, 0) is 5.75 Å². The first kappa shape index (κ1) is 19.3. The van der Waals surface area contributed by atoms with E-state index in [2.05, 4.69) is 30.8 Å². The molecule has 3 N–H and O–H groups in total. The first-order chi connectivity index (χ1) is 14.2. The lowest BCUT2D eigenvalue weighted by Crippen LogP contribution is -2.19. The highest BCUT2D eigenvalue weighted by Crippen LogP contribution is 2.27. The summed E-state index contributed by atoms with van der Waals surface area (Å²) in [5, 5.41) is 14.3. The second-order valence-corrected chi connectivity index (χ2v) is 7.95. The van der Waals surface area contributed by atoms with Gasteiger partial charge in [-0.25, -0.2) is 14.8 Å². The Kier molecular flexibility index (Phi) is 5.97. The van der Waals surface area contributed by atoms with Crippen LogP contribution >= 0.6 is 23.5 Å².